The Balaban J connectivity index is 1.93. The summed E-state index contributed by atoms with van der Waals surface area (Å²) < 4.78 is 45.7. The van der Waals surface area contributed by atoms with Gasteiger partial charge >= 0.3 is 0 Å². The van der Waals surface area contributed by atoms with Crippen molar-refractivity contribution in [2.24, 2.45) is 0 Å². The van der Waals surface area contributed by atoms with Gasteiger partial charge in [-0.15, -0.1) is 0 Å². The van der Waals surface area contributed by atoms with Crippen LogP contribution in [-0.2, 0) is 10.0 Å². The van der Waals surface area contributed by atoms with Gasteiger partial charge in [-0.2, -0.15) is 4.98 Å². The van der Waals surface area contributed by atoms with E-state index in [-0.39, 0.29) is 4.90 Å². The van der Waals surface area contributed by atoms with Gasteiger partial charge in [-0.3, -0.25) is 4.72 Å². The molecule has 0 spiro atoms. The minimum atomic E-state index is -3.84. The summed E-state index contributed by atoms with van der Waals surface area (Å²) in [4.78, 5) is 4.12. The highest BCUT2D eigenvalue weighted by Crippen LogP contribution is 2.24. The molecule has 0 aliphatic heterocycles. The molecule has 1 heterocycles. The van der Waals surface area contributed by atoms with Crippen molar-refractivity contribution in [1.82, 2.24) is 10.1 Å². The topological polar surface area (TPSA) is 85.1 Å². The summed E-state index contributed by atoms with van der Waals surface area (Å²) in [7, 11) is -3.84. The first kappa shape index (κ1) is 16.1. The molecule has 0 atom stereocenters. The summed E-state index contributed by atoms with van der Waals surface area (Å²) in [6.45, 7) is 3.23. The van der Waals surface area contributed by atoms with E-state index in [1.165, 1.54) is 19.1 Å². The number of hydrogen-bond acceptors (Lipinski definition) is 5. The summed E-state index contributed by atoms with van der Waals surface area (Å²) in [5.74, 6) is 0.296. The molecule has 24 heavy (non-hydrogen) atoms. The third-order valence-corrected chi connectivity index (χ3v) is 4.86. The van der Waals surface area contributed by atoms with E-state index in [1.807, 2.05) is 0 Å². The van der Waals surface area contributed by atoms with Gasteiger partial charge in [0, 0.05) is 11.3 Å². The second kappa shape index (κ2) is 6.04. The lowest BCUT2D eigenvalue weighted by Gasteiger charge is -2.11. The van der Waals surface area contributed by atoms with Crippen molar-refractivity contribution in [1.29, 1.82) is 0 Å². The molecule has 0 saturated heterocycles. The van der Waals surface area contributed by atoms with Gasteiger partial charge in [0.05, 0.1) is 4.90 Å². The van der Waals surface area contributed by atoms with E-state index < -0.39 is 15.8 Å². The lowest BCUT2D eigenvalue weighted by Crippen LogP contribution is -2.14. The Morgan fingerprint density at radius 2 is 1.92 bits per heavy atom. The summed E-state index contributed by atoms with van der Waals surface area (Å²) in [5, 5.41) is 3.70. The van der Waals surface area contributed by atoms with Crippen LogP contribution in [0.3, 0.4) is 0 Å². The Morgan fingerprint density at radius 1 is 1.12 bits per heavy atom. The van der Waals surface area contributed by atoms with Crippen molar-refractivity contribution in [3.8, 4) is 11.5 Å². The van der Waals surface area contributed by atoms with Gasteiger partial charge in [0.1, 0.15) is 5.82 Å². The molecule has 6 nitrogen and oxygen atoms in total. The van der Waals surface area contributed by atoms with Crippen molar-refractivity contribution < 1.29 is 17.3 Å². The second-order valence-electron chi connectivity index (χ2n) is 5.24. The van der Waals surface area contributed by atoms with Crippen molar-refractivity contribution >= 4 is 15.7 Å². The summed E-state index contributed by atoms with van der Waals surface area (Å²) in [5.41, 5.74) is 1.25. The second-order valence-corrected chi connectivity index (χ2v) is 6.89. The molecule has 1 aromatic heterocycles. The van der Waals surface area contributed by atoms with Crippen LogP contribution in [-0.4, -0.2) is 18.6 Å². The number of halogens is 1. The quantitative estimate of drug-likeness (QED) is 0.783. The maximum atomic E-state index is 13.2. The van der Waals surface area contributed by atoms with Crippen LogP contribution in [0, 0.1) is 19.7 Å². The third-order valence-electron chi connectivity index (χ3n) is 3.32. The number of benzene rings is 2. The van der Waals surface area contributed by atoms with Crippen molar-refractivity contribution in [2.45, 2.75) is 18.7 Å². The highest BCUT2D eigenvalue weighted by Gasteiger charge is 2.18. The lowest BCUT2D eigenvalue weighted by molar-refractivity contribution is 0.425. The maximum absolute atomic E-state index is 13.2. The number of aryl methyl sites for hydroxylation is 2. The lowest BCUT2D eigenvalue weighted by atomic mass is 10.2. The van der Waals surface area contributed by atoms with Gasteiger partial charge < -0.3 is 4.52 Å². The molecule has 3 aromatic rings. The smallest absolute Gasteiger partial charge is 0.262 e. The molecular weight excluding hydrogens is 333 g/mol. The molecule has 0 fully saturated rings. The van der Waals surface area contributed by atoms with E-state index >= 15 is 0 Å². The zero-order valence-corrected chi connectivity index (χ0v) is 13.8. The molecule has 0 radical (unpaired) electrons. The number of rotatable bonds is 4. The SMILES string of the molecule is Cc1noc(-c2cccc(NS(=O)(=O)c3ccc(F)cc3C)c2)n1. The van der Waals surface area contributed by atoms with Gasteiger partial charge in [-0.05, 0) is 55.8 Å². The van der Waals surface area contributed by atoms with Gasteiger partial charge in [0.15, 0.2) is 5.82 Å². The Labute approximate surface area is 138 Å². The molecule has 1 N–H and O–H groups in total. The highest BCUT2D eigenvalue weighted by atomic mass is 32.2. The molecule has 3 rings (SSSR count). The van der Waals surface area contributed by atoms with Gasteiger partial charge in [0.2, 0.25) is 0 Å². The van der Waals surface area contributed by atoms with Crippen LogP contribution in [0.5, 0.6) is 0 Å². The third kappa shape index (κ3) is 3.28. The molecule has 0 aliphatic carbocycles. The Hall–Kier alpha value is -2.74. The average Bonchev–Trinajstić information content (AvgIpc) is 2.93. The number of nitrogens with zero attached hydrogens (tertiary/aromatic N) is 2. The van der Waals surface area contributed by atoms with E-state index in [2.05, 4.69) is 14.9 Å². The maximum Gasteiger partial charge on any atom is 0.262 e. The molecule has 0 amide bonds. The normalized spacial score (nSPS) is 11.5. The fourth-order valence-electron chi connectivity index (χ4n) is 2.25. The predicted octanol–water partition coefficient (Wildman–Crippen LogP) is 3.29. The van der Waals surface area contributed by atoms with E-state index in [1.54, 1.807) is 31.2 Å². The fourth-order valence-corrected chi connectivity index (χ4v) is 3.53. The van der Waals surface area contributed by atoms with Crippen LogP contribution >= 0.6 is 0 Å². The molecule has 0 unspecified atom stereocenters. The van der Waals surface area contributed by atoms with Crippen LogP contribution < -0.4 is 4.72 Å². The largest absolute Gasteiger partial charge is 0.334 e. The molecule has 0 aliphatic rings. The zero-order valence-electron chi connectivity index (χ0n) is 12.9. The predicted molar refractivity (Wildman–Crippen MR) is 86.4 cm³/mol. The number of aromatic nitrogens is 2. The van der Waals surface area contributed by atoms with Crippen LogP contribution in [0.15, 0.2) is 51.9 Å². The number of sulfonamides is 1. The van der Waals surface area contributed by atoms with Gasteiger partial charge in [0.25, 0.3) is 15.9 Å². The van der Waals surface area contributed by atoms with Crippen LogP contribution in [0.4, 0.5) is 10.1 Å². The molecular formula is C16H14FN3O3S. The first-order valence-electron chi connectivity index (χ1n) is 7.05. The van der Waals surface area contributed by atoms with Crippen molar-refractivity contribution in [3.63, 3.8) is 0 Å². The van der Waals surface area contributed by atoms with Crippen LogP contribution in [0.2, 0.25) is 0 Å². The van der Waals surface area contributed by atoms with Gasteiger partial charge in [-0.25, -0.2) is 12.8 Å². The van der Waals surface area contributed by atoms with E-state index in [4.69, 9.17) is 4.52 Å². The minimum Gasteiger partial charge on any atom is -0.334 e. The van der Waals surface area contributed by atoms with E-state index in [9.17, 15) is 12.8 Å². The van der Waals surface area contributed by atoms with E-state index in [0.717, 1.165) is 6.07 Å². The highest BCUT2D eigenvalue weighted by molar-refractivity contribution is 7.92. The molecule has 0 bridgehead atoms. The Morgan fingerprint density at radius 3 is 2.58 bits per heavy atom. The minimum absolute atomic E-state index is 0.0166. The Bertz CT molecular complexity index is 999. The molecule has 124 valence electrons. The zero-order chi connectivity index (χ0) is 17.3. The van der Waals surface area contributed by atoms with E-state index in [0.29, 0.717) is 28.5 Å². The van der Waals surface area contributed by atoms with Crippen LogP contribution in [0.1, 0.15) is 11.4 Å². The summed E-state index contributed by atoms with van der Waals surface area (Å²) >= 11 is 0. The van der Waals surface area contributed by atoms with Crippen molar-refractivity contribution in [3.05, 3.63) is 59.7 Å². The number of hydrogen-bond donors (Lipinski definition) is 1. The summed E-state index contributed by atoms with van der Waals surface area (Å²) in [6.07, 6.45) is 0. The van der Waals surface area contributed by atoms with Crippen LogP contribution in [0.25, 0.3) is 11.5 Å². The number of nitrogens with one attached hydrogen (secondary N) is 1. The monoisotopic (exact) mass is 347 g/mol. The molecule has 0 saturated carbocycles. The first-order chi connectivity index (χ1) is 11.3. The average molecular weight is 347 g/mol. The standard InChI is InChI=1S/C16H14FN3O3S/c1-10-8-13(17)6-7-15(10)24(21,22)20-14-5-3-4-12(9-14)16-18-11(2)19-23-16/h3-9,20H,1-2H3. The fraction of sp³-hybridized carbons (Fsp3) is 0.125. The van der Waals surface area contributed by atoms with Crippen molar-refractivity contribution in [2.75, 3.05) is 4.72 Å². The summed E-state index contributed by atoms with van der Waals surface area (Å²) in [6, 6.07) is 10.1. The van der Waals surface area contributed by atoms with Gasteiger partial charge in [-0.1, -0.05) is 11.2 Å². The molecule has 8 heteroatoms. The first-order valence-corrected chi connectivity index (χ1v) is 8.53. The Kier molecular flexibility index (Phi) is 4.06. The number of anilines is 1. The molecule has 2 aromatic carbocycles.